The first-order valence-corrected chi connectivity index (χ1v) is 6.66. The van der Waals surface area contributed by atoms with Crippen LogP contribution in [0.5, 0.6) is 0 Å². The van der Waals surface area contributed by atoms with Gasteiger partial charge in [0.05, 0.1) is 18.6 Å². The normalized spacial score (nSPS) is 34.3. The minimum atomic E-state index is -0.822. The van der Waals surface area contributed by atoms with Gasteiger partial charge in [-0.25, -0.2) is 0 Å². The van der Waals surface area contributed by atoms with Gasteiger partial charge in [-0.15, -0.1) is 0 Å². The van der Waals surface area contributed by atoms with Gasteiger partial charge >= 0.3 is 11.9 Å². The molecule has 0 spiro atoms. The van der Waals surface area contributed by atoms with Crippen molar-refractivity contribution in [2.75, 3.05) is 13.2 Å². The summed E-state index contributed by atoms with van der Waals surface area (Å²) in [6.45, 7) is 2.27. The van der Waals surface area contributed by atoms with E-state index < -0.39 is 5.97 Å². The Morgan fingerprint density at radius 3 is 2.17 bits per heavy atom. The highest BCUT2D eigenvalue weighted by molar-refractivity contribution is 5.77. The molecule has 18 heavy (non-hydrogen) atoms. The number of hydrogen-bond donors (Lipinski definition) is 2. The fourth-order valence-corrected chi connectivity index (χ4v) is 3.30. The molecule has 0 radical (unpaired) electrons. The third-order valence-electron chi connectivity index (χ3n) is 4.57. The molecule has 0 aromatic carbocycles. The highest BCUT2D eigenvalue weighted by Crippen LogP contribution is 2.52. The minimum Gasteiger partial charge on any atom is -0.480 e. The second kappa shape index (κ2) is 4.88. The molecular weight excluding hydrogens is 234 g/mol. The average Bonchev–Trinajstić information content (AvgIpc) is 2.39. The average molecular weight is 255 g/mol. The van der Waals surface area contributed by atoms with Crippen molar-refractivity contribution in [1.29, 1.82) is 0 Å². The van der Waals surface area contributed by atoms with Crippen molar-refractivity contribution in [3.8, 4) is 0 Å². The second-order valence-electron chi connectivity index (χ2n) is 5.53. The van der Waals surface area contributed by atoms with E-state index in [1.54, 1.807) is 0 Å². The van der Waals surface area contributed by atoms with Gasteiger partial charge in [0.15, 0.2) is 0 Å². The van der Waals surface area contributed by atoms with Crippen molar-refractivity contribution < 1.29 is 19.4 Å². The van der Waals surface area contributed by atoms with Crippen LogP contribution >= 0.6 is 0 Å². The molecule has 2 N–H and O–H groups in total. The largest absolute Gasteiger partial charge is 0.480 e. The topological polar surface area (TPSA) is 75.6 Å². The molecule has 0 atom stereocenters. The van der Waals surface area contributed by atoms with Crippen LogP contribution in [0.1, 0.15) is 45.4 Å². The van der Waals surface area contributed by atoms with E-state index in [0.29, 0.717) is 6.61 Å². The number of esters is 1. The molecule has 102 valence electrons. The maximum Gasteiger partial charge on any atom is 0.317 e. The molecule has 3 rings (SSSR count). The lowest BCUT2D eigenvalue weighted by Crippen LogP contribution is -2.57. The summed E-state index contributed by atoms with van der Waals surface area (Å²) < 4.78 is 5.18. The van der Waals surface area contributed by atoms with Crippen LogP contribution in [0.25, 0.3) is 0 Å². The number of nitrogens with one attached hydrogen (secondary N) is 1. The van der Waals surface area contributed by atoms with Gasteiger partial charge in [0, 0.05) is 5.54 Å². The van der Waals surface area contributed by atoms with Crippen LogP contribution in [0.2, 0.25) is 0 Å². The van der Waals surface area contributed by atoms with Crippen LogP contribution < -0.4 is 5.32 Å². The van der Waals surface area contributed by atoms with Crippen LogP contribution in [0.15, 0.2) is 0 Å². The van der Waals surface area contributed by atoms with Crippen LogP contribution in [0.4, 0.5) is 0 Å². The lowest BCUT2D eigenvalue weighted by molar-refractivity contribution is -0.163. The van der Waals surface area contributed by atoms with Crippen molar-refractivity contribution in [3.63, 3.8) is 0 Å². The van der Waals surface area contributed by atoms with E-state index >= 15 is 0 Å². The van der Waals surface area contributed by atoms with Crippen molar-refractivity contribution in [1.82, 2.24) is 5.32 Å². The SMILES string of the molecule is CCOC(=O)C12CCC(NCC(=O)O)(CC1)CC2. The highest BCUT2D eigenvalue weighted by atomic mass is 16.5. The summed E-state index contributed by atoms with van der Waals surface area (Å²) >= 11 is 0. The van der Waals surface area contributed by atoms with Crippen LogP contribution in [-0.4, -0.2) is 35.7 Å². The molecule has 0 heterocycles. The summed E-state index contributed by atoms with van der Waals surface area (Å²) in [4.78, 5) is 22.6. The zero-order chi connectivity index (χ0) is 13.2. The Kier molecular flexibility index (Phi) is 3.61. The monoisotopic (exact) mass is 255 g/mol. The standard InChI is InChI=1S/C13H21NO4/c1-2-18-11(17)12-3-6-13(7-4-12,8-5-12)14-9-10(15)16/h14H,2-9H2,1H3,(H,15,16). The van der Waals surface area contributed by atoms with Gasteiger partial charge in [0.1, 0.15) is 0 Å². The van der Waals surface area contributed by atoms with Crippen molar-refractivity contribution >= 4 is 11.9 Å². The summed E-state index contributed by atoms with van der Waals surface area (Å²) in [5, 5.41) is 11.9. The summed E-state index contributed by atoms with van der Waals surface area (Å²) in [6.07, 6.45) is 5.08. The number of carbonyl (C=O) groups is 2. The number of carbonyl (C=O) groups excluding carboxylic acids is 1. The van der Waals surface area contributed by atoms with E-state index in [0.717, 1.165) is 38.5 Å². The Balaban J connectivity index is 1.97. The Labute approximate surface area is 107 Å². The van der Waals surface area contributed by atoms with E-state index in [1.807, 2.05) is 6.92 Å². The van der Waals surface area contributed by atoms with Gasteiger partial charge in [0.25, 0.3) is 0 Å². The van der Waals surface area contributed by atoms with Gasteiger partial charge < -0.3 is 15.2 Å². The molecule has 0 saturated heterocycles. The molecule has 5 nitrogen and oxygen atoms in total. The smallest absolute Gasteiger partial charge is 0.317 e. The molecule has 0 aromatic heterocycles. The molecule has 3 fully saturated rings. The number of hydrogen-bond acceptors (Lipinski definition) is 4. The Bertz CT molecular complexity index is 328. The number of aliphatic carboxylic acids is 1. The van der Waals surface area contributed by atoms with Crippen LogP contribution in [0.3, 0.4) is 0 Å². The zero-order valence-corrected chi connectivity index (χ0v) is 10.8. The van der Waals surface area contributed by atoms with E-state index in [2.05, 4.69) is 5.32 Å². The summed E-state index contributed by atoms with van der Waals surface area (Å²) in [5.74, 6) is -0.881. The van der Waals surface area contributed by atoms with Gasteiger partial charge in [-0.05, 0) is 45.4 Å². The molecule has 3 aliphatic rings. The summed E-state index contributed by atoms with van der Waals surface area (Å²) in [6, 6.07) is 0. The fraction of sp³-hybridized carbons (Fsp3) is 0.846. The molecular formula is C13H21NO4. The zero-order valence-electron chi connectivity index (χ0n) is 10.8. The second-order valence-corrected chi connectivity index (χ2v) is 5.53. The lowest BCUT2D eigenvalue weighted by Gasteiger charge is -2.52. The van der Waals surface area contributed by atoms with E-state index in [-0.39, 0.29) is 23.5 Å². The Morgan fingerprint density at radius 2 is 1.72 bits per heavy atom. The minimum absolute atomic E-state index is 0.00636. The maximum absolute atomic E-state index is 12.0. The first-order valence-electron chi connectivity index (χ1n) is 6.66. The van der Waals surface area contributed by atoms with Crippen molar-refractivity contribution in [3.05, 3.63) is 0 Å². The molecule has 0 aromatic rings. The molecule has 0 amide bonds. The predicted molar refractivity (Wildman–Crippen MR) is 65.1 cm³/mol. The van der Waals surface area contributed by atoms with Gasteiger partial charge in [-0.2, -0.15) is 0 Å². The van der Waals surface area contributed by atoms with Gasteiger partial charge in [0.2, 0.25) is 0 Å². The van der Waals surface area contributed by atoms with E-state index in [9.17, 15) is 9.59 Å². The molecule has 3 aliphatic carbocycles. The molecule has 3 saturated carbocycles. The lowest BCUT2D eigenvalue weighted by atomic mass is 9.57. The number of ether oxygens (including phenoxy) is 1. The van der Waals surface area contributed by atoms with E-state index in [4.69, 9.17) is 9.84 Å². The first kappa shape index (κ1) is 13.3. The van der Waals surface area contributed by atoms with Crippen LogP contribution in [-0.2, 0) is 14.3 Å². The summed E-state index contributed by atoms with van der Waals surface area (Å²) in [7, 11) is 0. The number of carboxylic acid groups (broad SMARTS) is 1. The van der Waals surface area contributed by atoms with E-state index in [1.165, 1.54) is 0 Å². The predicted octanol–water partition coefficient (Wildman–Crippen LogP) is 1.32. The number of fused-ring (bicyclic) bond motifs is 3. The molecule has 5 heteroatoms. The quantitative estimate of drug-likeness (QED) is 0.725. The number of carboxylic acids is 1. The number of rotatable bonds is 5. The third kappa shape index (κ3) is 2.36. The van der Waals surface area contributed by atoms with Gasteiger partial charge in [-0.1, -0.05) is 0 Å². The first-order chi connectivity index (χ1) is 8.52. The van der Waals surface area contributed by atoms with Crippen molar-refractivity contribution in [2.45, 2.75) is 51.0 Å². The summed E-state index contributed by atoms with van der Waals surface area (Å²) in [5.41, 5.74) is -0.352. The Hall–Kier alpha value is -1.10. The third-order valence-corrected chi connectivity index (χ3v) is 4.57. The molecule has 0 aliphatic heterocycles. The Morgan fingerprint density at radius 1 is 1.17 bits per heavy atom. The fourth-order valence-electron chi connectivity index (χ4n) is 3.30. The van der Waals surface area contributed by atoms with Crippen molar-refractivity contribution in [2.24, 2.45) is 5.41 Å². The maximum atomic E-state index is 12.0. The molecule has 2 bridgehead atoms. The van der Waals surface area contributed by atoms with Gasteiger partial charge in [-0.3, -0.25) is 9.59 Å². The highest BCUT2D eigenvalue weighted by Gasteiger charge is 2.53. The molecule has 0 unspecified atom stereocenters. The van der Waals surface area contributed by atoms with Crippen LogP contribution in [0, 0.1) is 5.41 Å².